The second-order valence-corrected chi connectivity index (χ2v) is 18.5. The number of para-hydroxylation sites is 2. The van der Waals surface area contributed by atoms with Crippen molar-refractivity contribution in [3.05, 3.63) is 163 Å². The first kappa shape index (κ1) is 55.2. The Kier molecular flexibility index (Phi) is 18.2. The molecule has 2 heterocycles. The van der Waals surface area contributed by atoms with Gasteiger partial charge in [0.25, 0.3) is 20.0 Å². The van der Waals surface area contributed by atoms with Gasteiger partial charge in [-0.05, 0) is 72.8 Å². The molecule has 4 aromatic carbocycles. The number of halogens is 11. The number of carbonyl (C=O) groups excluding carboxylic acids is 2. The topological polar surface area (TPSA) is 171 Å². The van der Waals surface area contributed by atoms with Crippen LogP contribution in [0.15, 0.2) is 119 Å². The van der Waals surface area contributed by atoms with E-state index in [-0.39, 0.29) is 67.8 Å². The van der Waals surface area contributed by atoms with E-state index < -0.39 is 81.7 Å². The summed E-state index contributed by atoms with van der Waals surface area (Å²) in [6.45, 7) is -0.666. The summed E-state index contributed by atoms with van der Waals surface area (Å²) >= 11 is 23.1. The van der Waals surface area contributed by atoms with Gasteiger partial charge in [-0.3, -0.25) is 14.3 Å². The molecule has 0 aliphatic rings. The SMILES string of the molecule is COCN(c1cc(Cl)cnc1C(=O)c1ccccc1OC)S(=O)(=O)c1ccc(Cl)c(C(F)(F)F)c1.COc1ccccc1C(=O)c1ncc(Cl)cc1NS(=O)(=O)c1ccc(Cl)c(C(F)(F)F)c1.Cl. The van der Waals surface area contributed by atoms with Gasteiger partial charge in [-0.2, -0.15) is 26.3 Å². The van der Waals surface area contributed by atoms with Crippen LogP contribution in [0.3, 0.4) is 0 Å². The fourth-order valence-corrected chi connectivity index (χ4v) is 9.14. The van der Waals surface area contributed by atoms with Crippen molar-refractivity contribution in [2.24, 2.45) is 0 Å². The molecule has 6 aromatic rings. The zero-order valence-electron chi connectivity index (χ0n) is 34.6. The van der Waals surface area contributed by atoms with E-state index >= 15 is 0 Å². The highest BCUT2D eigenvalue weighted by Crippen LogP contribution is 2.39. The maximum atomic E-state index is 13.5. The summed E-state index contributed by atoms with van der Waals surface area (Å²) in [5, 5.41) is -1.37. The standard InChI is InChI=1S/C22H17Cl2F3N2O5S.C20H13Cl2F3N2O4S.ClH/c1-33-12-29(35(31,32)14-7-8-17(24)16(10-14)22(25,26)27)18-9-13(23)11-28-20(18)21(30)15-5-3-4-6-19(15)34-2;1-31-17-5-3-2-4-13(17)19(28)18-16(8-11(21)10-26-18)27-32(29,30)12-6-7-15(22)14(9-12)20(23,24)25;/h3-11H,12H2,1-2H3;2-10,27H,1H3;1H. The van der Waals surface area contributed by atoms with Crippen LogP contribution in [0.5, 0.6) is 11.5 Å². The summed E-state index contributed by atoms with van der Waals surface area (Å²) in [7, 11) is -5.42. The number of ketones is 2. The Morgan fingerprint density at radius 2 is 1.07 bits per heavy atom. The number of hydrogen-bond acceptors (Lipinski definition) is 11. The fraction of sp³-hybridized carbons (Fsp3) is 0.143. The number of carbonyl (C=O) groups is 2. The molecular weight excluding hydrogens is 1060 g/mol. The monoisotopic (exact) mass is 1090 g/mol. The first-order valence-corrected chi connectivity index (χ1v) is 22.7. The van der Waals surface area contributed by atoms with Gasteiger partial charge in [-0.25, -0.2) is 31.1 Å². The van der Waals surface area contributed by atoms with Gasteiger partial charge >= 0.3 is 12.4 Å². The van der Waals surface area contributed by atoms with Crippen LogP contribution in [0, 0.1) is 0 Å². The lowest BCUT2D eigenvalue weighted by Crippen LogP contribution is -2.34. The van der Waals surface area contributed by atoms with Crippen LogP contribution < -0.4 is 18.5 Å². The maximum absolute atomic E-state index is 13.5. The lowest BCUT2D eigenvalue weighted by Gasteiger charge is -2.25. The largest absolute Gasteiger partial charge is 0.496 e. The van der Waals surface area contributed by atoms with Crippen molar-refractivity contribution >= 4 is 102 Å². The number of sulfonamides is 2. The third kappa shape index (κ3) is 12.6. The zero-order valence-corrected chi connectivity index (χ0v) is 40.1. The second kappa shape index (κ2) is 22.4. The van der Waals surface area contributed by atoms with Gasteiger partial charge in [0.15, 0.2) is 0 Å². The first-order chi connectivity index (χ1) is 31.3. The van der Waals surface area contributed by atoms with E-state index in [4.69, 9.17) is 60.6 Å². The van der Waals surface area contributed by atoms with Crippen LogP contribution in [-0.4, -0.2) is 66.4 Å². The molecule has 0 aliphatic heterocycles. The third-order valence-corrected chi connectivity index (χ3v) is 13.1. The molecule has 0 bridgehead atoms. The Labute approximate surface area is 410 Å². The van der Waals surface area contributed by atoms with Crippen LogP contribution in [0.25, 0.3) is 0 Å². The highest BCUT2D eigenvalue weighted by molar-refractivity contribution is 7.93. The number of alkyl halides is 6. The quantitative estimate of drug-likeness (QED) is 0.0625. The molecule has 13 nitrogen and oxygen atoms in total. The van der Waals surface area contributed by atoms with Crippen LogP contribution in [0.1, 0.15) is 43.2 Å². The van der Waals surface area contributed by atoms with Crippen LogP contribution >= 0.6 is 58.8 Å². The van der Waals surface area contributed by atoms with Gasteiger partial charge in [0.2, 0.25) is 11.6 Å². The number of nitrogens with zero attached hydrogens (tertiary/aromatic N) is 3. The molecule has 0 spiro atoms. The molecule has 0 amide bonds. The van der Waals surface area contributed by atoms with Gasteiger partial charge in [0.1, 0.15) is 29.6 Å². The Bertz CT molecular complexity index is 3080. The predicted molar refractivity (Wildman–Crippen MR) is 244 cm³/mol. The number of pyridine rings is 2. The van der Waals surface area contributed by atoms with E-state index in [2.05, 4.69) is 14.7 Å². The average molecular weight is 1090 g/mol. The number of hydrogen-bond donors (Lipinski definition) is 1. The molecule has 0 atom stereocenters. The van der Waals surface area contributed by atoms with Gasteiger partial charge in [-0.1, -0.05) is 70.7 Å². The molecular formula is C42H31Cl5F6N4O9S2. The average Bonchev–Trinajstić information content (AvgIpc) is 3.27. The van der Waals surface area contributed by atoms with E-state index in [9.17, 15) is 52.8 Å². The summed E-state index contributed by atoms with van der Waals surface area (Å²) in [6, 6.07) is 18.9. The van der Waals surface area contributed by atoms with Crippen LogP contribution in [0.2, 0.25) is 20.1 Å². The van der Waals surface area contributed by atoms with Crippen molar-refractivity contribution in [3.63, 3.8) is 0 Å². The van der Waals surface area contributed by atoms with Crippen molar-refractivity contribution in [2.45, 2.75) is 22.1 Å². The molecule has 0 fully saturated rings. The molecule has 0 radical (unpaired) electrons. The van der Waals surface area contributed by atoms with E-state index in [0.717, 1.165) is 48.8 Å². The smallest absolute Gasteiger partial charge is 0.417 e. The number of aromatic nitrogens is 2. The van der Waals surface area contributed by atoms with E-state index in [1.807, 2.05) is 0 Å². The summed E-state index contributed by atoms with van der Waals surface area (Å²) in [6.07, 6.45) is -7.51. The predicted octanol–water partition coefficient (Wildman–Crippen LogP) is 11.3. The molecule has 1 N–H and O–H groups in total. The van der Waals surface area contributed by atoms with Crippen molar-refractivity contribution in [1.82, 2.24) is 9.97 Å². The van der Waals surface area contributed by atoms with Crippen molar-refractivity contribution < 1.29 is 67.0 Å². The third-order valence-electron chi connectivity index (χ3n) is 8.97. The molecule has 6 rings (SSSR count). The second-order valence-electron chi connectivity index (χ2n) is 13.3. The number of nitrogens with one attached hydrogen (secondary N) is 1. The molecule has 0 saturated carbocycles. The van der Waals surface area contributed by atoms with Gasteiger partial charge < -0.3 is 14.2 Å². The van der Waals surface area contributed by atoms with Crippen LogP contribution in [0.4, 0.5) is 37.7 Å². The number of anilines is 2. The first-order valence-electron chi connectivity index (χ1n) is 18.3. The Balaban J connectivity index is 0.000000293. The maximum Gasteiger partial charge on any atom is 0.417 e. The normalized spacial score (nSPS) is 11.7. The highest BCUT2D eigenvalue weighted by atomic mass is 35.5. The number of ether oxygens (including phenoxy) is 3. The van der Waals surface area contributed by atoms with Gasteiger partial charge in [0, 0.05) is 19.5 Å². The minimum Gasteiger partial charge on any atom is -0.496 e. The van der Waals surface area contributed by atoms with Gasteiger partial charge in [0.05, 0.1) is 77.7 Å². The number of methoxy groups -OCH3 is 3. The van der Waals surface area contributed by atoms with Crippen molar-refractivity contribution in [1.29, 1.82) is 0 Å². The van der Waals surface area contributed by atoms with Crippen molar-refractivity contribution in [2.75, 3.05) is 37.1 Å². The molecule has 0 unspecified atom stereocenters. The molecule has 0 saturated heterocycles. The minimum absolute atomic E-state index is 0. The van der Waals surface area contributed by atoms with Crippen molar-refractivity contribution in [3.8, 4) is 11.5 Å². The van der Waals surface area contributed by atoms with Crippen LogP contribution in [-0.2, 0) is 37.1 Å². The molecule has 0 aliphatic carbocycles. The summed E-state index contributed by atoms with van der Waals surface area (Å²) < 4.78 is 150. The molecule has 26 heteroatoms. The van der Waals surface area contributed by atoms with E-state index in [1.165, 1.54) is 45.6 Å². The minimum atomic E-state index is -4.91. The molecule has 2 aromatic heterocycles. The fourth-order valence-electron chi connectivity index (χ4n) is 5.90. The van der Waals surface area contributed by atoms with Gasteiger partial charge in [-0.15, -0.1) is 12.4 Å². The molecule has 68 heavy (non-hydrogen) atoms. The Morgan fingerprint density at radius 3 is 1.56 bits per heavy atom. The Morgan fingerprint density at radius 1 is 0.632 bits per heavy atom. The highest BCUT2D eigenvalue weighted by Gasteiger charge is 2.38. The lowest BCUT2D eigenvalue weighted by atomic mass is 10.1. The van der Waals surface area contributed by atoms with E-state index in [0.29, 0.717) is 16.4 Å². The van der Waals surface area contributed by atoms with E-state index in [1.54, 1.807) is 24.3 Å². The Hall–Kier alpha value is -5.39. The number of benzene rings is 4. The summed E-state index contributed by atoms with van der Waals surface area (Å²) in [4.78, 5) is 32.8. The summed E-state index contributed by atoms with van der Waals surface area (Å²) in [5.74, 6) is -0.981. The number of rotatable bonds is 14. The lowest BCUT2D eigenvalue weighted by molar-refractivity contribution is -0.138. The molecule has 362 valence electrons. The zero-order chi connectivity index (χ0) is 49.6. The summed E-state index contributed by atoms with van der Waals surface area (Å²) in [5.41, 5.74) is -3.79.